The van der Waals surface area contributed by atoms with Gasteiger partial charge in [0, 0.05) is 5.02 Å². The number of halogens is 2. The maximum Gasteiger partial charge on any atom is 0.323 e. The molecule has 0 spiro atoms. The highest BCUT2D eigenvalue weighted by Gasteiger charge is 2.26. The highest BCUT2D eigenvalue weighted by molar-refractivity contribution is 7.89. The first-order chi connectivity index (χ1) is 8.69. The fourth-order valence-corrected chi connectivity index (χ4v) is 3.56. The van der Waals surface area contributed by atoms with E-state index in [0.29, 0.717) is 0 Å². The number of sulfonamides is 1. The van der Waals surface area contributed by atoms with Crippen LogP contribution in [-0.4, -0.2) is 27.5 Å². The quantitative estimate of drug-likeness (QED) is 0.644. The van der Waals surface area contributed by atoms with Crippen molar-refractivity contribution in [1.82, 2.24) is 4.72 Å². The van der Waals surface area contributed by atoms with E-state index in [1.807, 2.05) is 0 Å². The summed E-state index contributed by atoms with van der Waals surface area (Å²) in [6.45, 7) is 1.34. The normalized spacial score (nSPS) is 13.1. The van der Waals surface area contributed by atoms with Crippen LogP contribution in [0.3, 0.4) is 0 Å². The summed E-state index contributed by atoms with van der Waals surface area (Å²) in [5.74, 6) is -0.729. The van der Waals surface area contributed by atoms with Crippen LogP contribution in [0.4, 0.5) is 5.69 Å². The molecule has 0 heterocycles. The van der Waals surface area contributed by atoms with Gasteiger partial charge in [-0.25, -0.2) is 8.42 Å². The Labute approximate surface area is 120 Å². The average Bonchev–Trinajstić information content (AvgIpc) is 2.24. The molecule has 0 bridgehead atoms. The molecule has 1 aromatic rings. The fraction of sp³-hybridized carbons (Fsp3) is 0.300. The number of anilines is 1. The number of benzene rings is 1. The lowest BCUT2D eigenvalue weighted by Crippen LogP contribution is -2.39. The summed E-state index contributed by atoms with van der Waals surface area (Å²) in [6.07, 6.45) is 0. The van der Waals surface area contributed by atoms with Crippen LogP contribution in [0.2, 0.25) is 10.0 Å². The van der Waals surface area contributed by atoms with Gasteiger partial charge < -0.3 is 10.5 Å². The van der Waals surface area contributed by atoms with Crippen molar-refractivity contribution >= 4 is 44.9 Å². The number of carbonyl (C=O) groups excluding carboxylic acids is 1. The lowest BCUT2D eigenvalue weighted by atomic mass is 10.3. The number of carbonyl (C=O) groups is 1. The average molecular weight is 327 g/mol. The van der Waals surface area contributed by atoms with Gasteiger partial charge in [0.1, 0.15) is 10.9 Å². The van der Waals surface area contributed by atoms with Gasteiger partial charge in [0.25, 0.3) is 0 Å². The molecular weight excluding hydrogens is 315 g/mol. The molecule has 0 saturated carbocycles. The van der Waals surface area contributed by atoms with E-state index in [0.717, 1.165) is 7.11 Å². The molecule has 0 aliphatic rings. The molecule has 1 rings (SSSR count). The van der Waals surface area contributed by atoms with E-state index in [4.69, 9.17) is 28.9 Å². The molecule has 0 saturated heterocycles. The second-order valence-corrected chi connectivity index (χ2v) is 6.17. The smallest absolute Gasteiger partial charge is 0.323 e. The molecule has 1 unspecified atom stereocenters. The van der Waals surface area contributed by atoms with E-state index in [-0.39, 0.29) is 20.6 Å². The van der Waals surface area contributed by atoms with Crippen molar-refractivity contribution in [2.45, 2.75) is 17.9 Å². The standard InChI is InChI=1S/C10H12Cl2N2O4S/c1-5(10(15)18-2)14-19(16,17)9-7(12)3-6(11)4-8(9)13/h3-5,14H,13H2,1-2H3. The third kappa shape index (κ3) is 3.73. The molecule has 1 aromatic carbocycles. The van der Waals surface area contributed by atoms with Crippen molar-refractivity contribution in [2.24, 2.45) is 0 Å². The summed E-state index contributed by atoms with van der Waals surface area (Å²) in [7, 11) is -2.91. The number of ether oxygens (including phenoxy) is 1. The summed E-state index contributed by atoms with van der Waals surface area (Å²) in [5.41, 5.74) is 5.48. The molecule has 0 aromatic heterocycles. The first-order valence-corrected chi connectivity index (χ1v) is 7.27. The zero-order chi connectivity index (χ0) is 14.8. The number of esters is 1. The predicted molar refractivity (Wildman–Crippen MR) is 72.7 cm³/mol. The number of rotatable bonds is 4. The lowest BCUT2D eigenvalue weighted by Gasteiger charge is -2.14. The monoisotopic (exact) mass is 326 g/mol. The van der Waals surface area contributed by atoms with E-state index in [1.54, 1.807) is 0 Å². The van der Waals surface area contributed by atoms with Gasteiger partial charge in [0.05, 0.1) is 17.8 Å². The van der Waals surface area contributed by atoms with E-state index in [2.05, 4.69) is 9.46 Å². The molecule has 0 aliphatic carbocycles. The molecule has 0 radical (unpaired) electrons. The van der Waals surface area contributed by atoms with Crippen LogP contribution in [-0.2, 0) is 19.6 Å². The third-order valence-electron chi connectivity index (χ3n) is 2.19. The summed E-state index contributed by atoms with van der Waals surface area (Å²) in [4.78, 5) is 10.9. The van der Waals surface area contributed by atoms with E-state index < -0.39 is 22.0 Å². The summed E-state index contributed by atoms with van der Waals surface area (Å²) in [6, 6.07) is 1.43. The molecule has 0 amide bonds. The first kappa shape index (κ1) is 16.0. The second kappa shape index (κ2) is 5.96. The topological polar surface area (TPSA) is 98.5 Å². The zero-order valence-electron chi connectivity index (χ0n) is 10.1. The minimum Gasteiger partial charge on any atom is -0.468 e. The molecule has 9 heteroatoms. The summed E-state index contributed by atoms with van der Waals surface area (Å²) >= 11 is 11.5. The largest absolute Gasteiger partial charge is 0.468 e. The maximum absolute atomic E-state index is 12.1. The van der Waals surface area contributed by atoms with Crippen LogP contribution in [0.15, 0.2) is 17.0 Å². The van der Waals surface area contributed by atoms with Crippen molar-refractivity contribution in [3.63, 3.8) is 0 Å². The highest BCUT2D eigenvalue weighted by atomic mass is 35.5. The van der Waals surface area contributed by atoms with Gasteiger partial charge in [-0.1, -0.05) is 23.2 Å². The molecule has 0 aliphatic heterocycles. The maximum atomic E-state index is 12.1. The third-order valence-corrected chi connectivity index (χ3v) is 4.48. The Morgan fingerprint density at radius 1 is 1.42 bits per heavy atom. The fourth-order valence-electron chi connectivity index (χ4n) is 1.38. The van der Waals surface area contributed by atoms with Crippen LogP contribution < -0.4 is 10.5 Å². The minimum atomic E-state index is -4.06. The second-order valence-electron chi connectivity index (χ2n) is 3.67. The molecule has 106 valence electrons. The molecule has 0 fully saturated rings. The Morgan fingerprint density at radius 3 is 2.47 bits per heavy atom. The number of hydrogen-bond acceptors (Lipinski definition) is 5. The van der Waals surface area contributed by atoms with E-state index in [1.165, 1.54) is 19.1 Å². The van der Waals surface area contributed by atoms with Gasteiger partial charge in [0.15, 0.2) is 0 Å². The Kier molecular flexibility index (Phi) is 5.03. The van der Waals surface area contributed by atoms with Gasteiger partial charge in [-0.15, -0.1) is 0 Å². The van der Waals surface area contributed by atoms with E-state index in [9.17, 15) is 13.2 Å². The molecular formula is C10H12Cl2N2O4S. The van der Waals surface area contributed by atoms with Crippen molar-refractivity contribution < 1.29 is 17.9 Å². The van der Waals surface area contributed by atoms with Gasteiger partial charge in [-0.05, 0) is 19.1 Å². The molecule has 1 atom stereocenters. The van der Waals surface area contributed by atoms with Crippen LogP contribution in [0.5, 0.6) is 0 Å². The first-order valence-electron chi connectivity index (χ1n) is 5.03. The number of hydrogen-bond donors (Lipinski definition) is 2. The highest BCUT2D eigenvalue weighted by Crippen LogP contribution is 2.31. The van der Waals surface area contributed by atoms with Crippen molar-refractivity contribution in [1.29, 1.82) is 0 Å². The van der Waals surface area contributed by atoms with Gasteiger partial charge in [-0.2, -0.15) is 4.72 Å². The van der Waals surface area contributed by atoms with Gasteiger partial charge in [0.2, 0.25) is 10.0 Å². The predicted octanol–water partition coefficient (Wildman–Crippen LogP) is 1.42. The van der Waals surface area contributed by atoms with Gasteiger partial charge >= 0.3 is 5.97 Å². The minimum absolute atomic E-state index is 0.109. The van der Waals surface area contributed by atoms with Crippen LogP contribution in [0.25, 0.3) is 0 Å². The van der Waals surface area contributed by atoms with Crippen LogP contribution >= 0.6 is 23.2 Å². The Hall–Kier alpha value is -1.02. The summed E-state index contributed by atoms with van der Waals surface area (Å²) < 4.78 is 30.7. The molecule has 3 N–H and O–H groups in total. The number of nitrogen functional groups attached to an aromatic ring is 1. The Bertz CT molecular complexity index is 581. The SMILES string of the molecule is COC(=O)C(C)NS(=O)(=O)c1c(N)cc(Cl)cc1Cl. The zero-order valence-corrected chi connectivity index (χ0v) is 12.4. The molecule has 6 nitrogen and oxygen atoms in total. The number of methoxy groups -OCH3 is 1. The van der Waals surface area contributed by atoms with Crippen molar-refractivity contribution in [3.8, 4) is 0 Å². The Morgan fingerprint density at radius 2 is 2.00 bits per heavy atom. The van der Waals surface area contributed by atoms with Crippen molar-refractivity contribution in [2.75, 3.05) is 12.8 Å². The van der Waals surface area contributed by atoms with E-state index >= 15 is 0 Å². The number of nitrogens with two attached hydrogens (primary N) is 1. The summed E-state index contributed by atoms with van der Waals surface area (Å²) in [5, 5.41) is 0.0806. The Balaban J connectivity index is 3.18. The van der Waals surface area contributed by atoms with Crippen LogP contribution in [0, 0.1) is 0 Å². The van der Waals surface area contributed by atoms with Crippen LogP contribution in [0.1, 0.15) is 6.92 Å². The lowest BCUT2D eigenvalue weighted by molar-refractivity contribution is -0.142. The van der Waals surface area contributed by atoms with Crippen molar-refractivity contribution in [3.05, 3.63) is 22.2 Å². The molecule has 19 heavy (non-hydrogen) atoms. The van der Waals surface area contributed by atoms with Gasteiger partial charge in [-0.3, -0.25) is 4.79 Å². The number of nitrogens with one attached hydrogen (secondary N) is 1.